The molecule has 1 heterocycles. The standard InChI is InChI=1S/C12H13NO5S/c1-17-8-4-6(7(13)2-3-10(14)15)5-9-11(8)18-12(16)19-9/h4-5,7H,2-3,13H2,1H3,(H,14,15). The first-order valence-electron chi connectivity index (χ1n) is 5.60. The Morgan fingerprint density at radius 2 is 2.32 bits per heavy atom. The predicted octanol–water partition coefficient (Wildman–Crippen LogP) is 1.73. The number of hydrogen-bond donors (Lipinski definition) is 2. The molecule has 0 fully saturated rings. The van der Waals surface area contributed by atoms with Crippen LogP contribution in [0.5, 0.6) is 5.75 Å². The van der Waals surface area contributed by atoms with Crippen molar-refractivity contribution in [1.29, 1.82) is 0 Å². The van der Waals surface area contributed by atoms with E-state index in [2.05, 4.69) is 0 Å². The molecule has 2 rings (SSSR count). The van der Waals surface area contributed by atoms with E-state index in [-0.39, 0.29) is 6.42 Å². The van der Waals surface area contributed by atoms with E-state index in [9.17, 15) is 9.59 Å². The Hall–Kier alpha value is -1.86. The molecular formula is C12H13NO5S. The SMILES string of the molecule is COc1cc(C(N)CCC(=O)O)cc2sc(=O)oc12. The van der Waals surface area contributed by atoms with Crippen molar-refractivity contribution in [2.24, 2.45) is 5.73 Å². The van der Waals surface area contributed by atoms with E-state index in [0.29, 0.717) is 22.5 Å². The normalized spacial score (nSPS) is 12.5. The van der Waals surface area contributed by atoms with Crippen LogP contribution in [0.4, 0.5) is 0 Å². The van der Waals surface area contributed by atoms with Crippen LogP contribution in [0.15, 0.2) is 21.3 Å². The zero-order chi connectivity index (χ0) is 14.0. The lowest BCUT2D eigenvalue weighted by molar-refractivity contribution is -0.137. The average Bonchev–Trinajstić information content (AvgIpc) is 2.74. The summed E-state index contributed by atoms with van der Waals surface area (Å²) in [5.41, 5.74) is 7.06. The van der Waals surface area contributed by atoms with Crippen molar-refractivity contribution in [3.63, 3.8) is 0 Å². The van der Waals surface area contributed by atoms with Gasteiger partial charge in [0.2, 0.25) is 0 Å². The van der Waals surface area contributed by atoms with Gasteiger partial charge in [-0.2, -0.15) is 0 Å². The number of rotatable bonds is 5. The van der Waals surface area contributed by atoms with Crippen molar-refractivity contribution in [2.45, 2.75) is 18.9 Å². The minimum absolute atomic E-state index is 0.0108. The van der Waals surface area contributed by atoms with Gasteiger partial charge < -0.3 is 20.0 Å². The second kappa shape index (κ2) is 5.41. The predicted molar refractivity (Wildman–Crippen MR) is 70.7 cm³/mol. The third kappa shape index (κ3) is 2.94. The first kappa shape index (κ1) is 13.6. The molecule has 2 aromatic rings. The van der Waals surface area contributed by atoms with Crippen LogP contribution in [0.3, 0.4) is 0 Å². The topological polar surface area (TPSA) is 103 Å². The lowest BCUT2D eigenvalue weighted by Gasteiger charge is -2.12. The maximum Gasteiger partial charge on any atom is 0.396 e. The van der Waals surface area contributed by atoms with Crippen molar-refractivity contribution < 1.29 is 19.1 Å². The maximum absolute atomic E-state index is 11.2. The molecular weight excluding hydrogens is 270 g/mol. The number of aliphatic carboxylic acids is 1. The summed E-state index contributed by atoms with van der Waals surface area (Å²) in [6.45, 7) is 0. The number of nitrogens with two attached hydrogens (primary N) is 1. The molecule has 0 aliphatic rings. The van der Waals surface area contributed by atoms with E-state index in [4.69, 9.17) is 20.0 Å². The van der Waals surface area contributed by atoms with E-state index in [1.165, 1.54) is 7.11 Å². The molecule has 0 spiro atoms. The molecule has 0 aliphatic heterocycles. The van der Waals surface area contributed by atoms with Crippen molar-refractivity contribution >= 4 is 27.6 Å². The van der Waals surface area contributed by atoms with Gasteiger partial charge >= 0.3 is 10.9 Å². The summed E-state index contributed by atoms with van der Waals surface area (Å²) in [6, 6.07) is 2.98. The van der Waals surface area contributed by atoms with Gasteiger partial charge in [0.05, 0.1) is 11.8 Å². The molecule has 6 nitrogen and oxygen atoms in total. The number of carbonyl (C=O) groups is 1. The summed E-state index contributed by atoms with van der Waals surface area (Å²) < 4.78 is 10.8. The number of hydrogen-bond acceptors (Lipinski definition) is 6. The van der Waals surface area contributed by atoms with E-state index >= 15 is 0 Å². The highest BCUT2D eigenvalue weighted by atomic mass is 32.1. The molecule has 7 heteroatoms. The summed E-state index contributed by atoms with van der Waals surface area (Å²) in [6.07, 6.45) is 0.305. The van der Waals surface area contributed by atoms with Crippen LogP contribution >= 0.6 is 11.3 Å². The quantitative estimate of drug-likeness (QED) is 0.866. The van der Waals surface area contributed by atoms with Gasteiger partial charge in [-0.05, 0) is 24.1 Å². The van der Waals surface area contributed by atoms with Gasteiger partial charge in [-0.15, -0.1) is 0 Å². The van der Waals surface area contributed by atoms with Gasteiger partial charge in [0.25, 0.3) is 0 Å². The van der Waals surface area contributed by atoms with Crippen LogP contribution in [0.1, 0.15) is 24.4 Å². The van der Waals surface area contributed by atoms with Crippen molar-refractivity contribution in [3.8, 4) is 5.75 Å². The molecule has 1 aromatic carbocycles. The minimum Gasteiger partial charge on any atom is -0.493 e. The smallest absolute Gasteiger partial charge is 0.396 e. The summed E-state index contributed by atoms with van der Waals surface area (Å²) in [5, 5.41) is 8.65. The van der Waals surface area contributed by atoms with Gasteiger partial charge in [-0.3, -0.25) is 4.79 Å². The van der Waals surface area contributed by atoms with Crippen molar-refractivity contribution in [1.82, 2.24) is 0 Å². The highest BCUT2D eigenvalue weighted by Crippen LogP contribution is 2.32. The molecule has 0 saturated carbocycles. The summed E-state index contributed by atoms with van der Waals surface area (Å²) >= 11 is 0.964. The molecule has 0 radical (unpaired) electrons. The molecule has 102 valence electrons. The van der Waals surface area contributed by atoms with Crippen LogP contribution in [0.25, 0.3) is 10.3 Å². The largest absolute Gasteiger partial charge is 0.493 e. The lowest BCUT2D eigenvalue weighted by Crippen LogP contribution is -2.12. The Kier molecular flexibility index (Phi) is 3.87. The maximum atomic E-state index is 11.2. The molecule has 19 heavy (non-hydrogen) atoms. The molecule has 1 unspecified atom stereocenters. The molecule has 0 bridgehead atoms. The first-order chi connectivity index (χ1) is 9.01. The zero-order valence-electron chi connectivity index (χ0n) is 10.2. The highest BCUT2D eigenvalue weighted by Gasteiger charge is 2.15. The Morgan fingerprint density at radius 1 is 1.58 bits per heavy atom. The van der Waals surface area contributed by atoms with Crippen molar-refractivity contribution in [2.75, 3.05) is 7.11 Å². The van der Waals surface area contributed by atoms with Crippen LogP contribution < -0.4 is 15.4 Å². The van der Waals surface area contributed by atoms with Crippen LogP contribution in [0.2, 0.25) is 0 Å². The third-order valence-corrected chi connectivity index (χ3v) is 3.51. The van der Waals surface area contributed by atoms with E-state index < -0.39 is 17.0 Å². The van der Waals surface area contributed by atoms with Crippen LogP contribution in [-0.4, -0.2) is 18.2 Å². The number of carboxylic acid groups (broad SMARTS) is 1. The number of fused-ring (bicyclic) bond motifs is 1. The first-order valence-corrected chi connectivity index (χ1v) is 6.42. The van der Waals surface area contributed by atoms with Gasteiger partial charge in [0.15, 0.2) is 11.3 Å². The molecule has 3 N–H and O–H groups in total. The number of ether oxygens (including phenoxy) is 1. The van der Waals surface area contributed by atoms with Crippen LogP contribution in [-0.2, 0) is 4.79 Å². The number of methoxy groups -OCH3 is 1. The average molecular weight is 283 g/mol. The summed E-state index contributed by atoms with van der Waals surface area (Å²) in [7, 11) is 1.47. The van der Waals surface area contributed by atoms with Gasteiger partial charge in [0, 0.05) is 12.5 Å². The van der Waals surface area contributed by atoms with Gasteiger partial charge in [0.1, 0.15) is 0 Å². The highest BCUT2D eigenvalue weighted by molar-refractivity contribution is 7.16. The van der Waals surface area contributed by atoms with E-state index in [1.807, 2.05) is 0 Å². The van der Waals surface area contributed by atoms with Crippen LogP contribution in [0, 0.1) is 0 Å². The lowest BCUT2D eigenvalue weighted by atomic mass is 10.0. The van der Waals surface area contributed by atoms with Gasteiger partial charge in [-0.25, -0.2) is 4.79 Å². The Labute approximate surface area is 112 Å². The van der Waals surface area contributed by atoms with E-state index in [0.717, 1.165) is 16.9 Å². The molecule has 1 aromatic heterocycles. The molecule has 0 aliphatic carbocycles. The summed E-state index contributed by atoms with van der Waals surface area (Å²) in [4.78, 5) is 21.4. The second-order valence-electron chi connectivity index (χ2n) is 4.04. The molecule has 1 atom stereocenters. The minimum atomic E-state index is -0.892. The molecule has 0 saturated heterocycles. The monoisotopic (exact) mass is 283 g/mol. The fraction of sp³-hybridized carbons (Fsp3) is 0.333. The number of benzene rings is 1. The Bertz CT molecular complexity index is 660. The third-order valence-electron chi connectivity index (χ3n) is 2.74. The number of carboxylic acids is 1. The fourth-order valence-corrected chi connectivity index (χ4v) is 2.51. The Morgan fingerprint density at radius 3 is 2.95 bits per heavy atom. The molecule has 0 amide bonds. The van der Waals surface area contributed by atoms with Crippen molar-refractivity contribution in [3.05, 3.63) is 27.4 Å². The summed E-state index contributed by atoms with van der Waals surface area (Å²) in [5.74, 6) is -0.465. The van der Waals surface area contributed by atoms with Gasteiger partial charge in [-0.1, -0.05) is 11.3 Å². The zero-order valence-corrected chi connectivity index (χ0v) is 11.0. The second-order valence-corrected chi connectivity index (χ2v) is 5.02. The van der Waals surface area contributed by atoms with E-state index in [1.54, 1.807) is 12.1 Å². The Balaban J connectivity index is 2.38. The fourth-order valence-electron chi connectivity index (χ4n) is 1.78.